The quantitative estimate of drug-likeness (QED) is 0.821. The van der Waals surface area contributed by atoms with E-state index in [0.29, 0.717) is 12.2 Å². The number of rotatable bonds is 2. The molecule has 2 saturated heterocycles. The molecule has 1 spiro atoms. The number of carbonyl (C=O) groups is 1. The van der Waals surface area contributed by atoms with Crippen molar-refractivity contribution in [3.8, 4) is 0 Å². The van der Waals surface area contributed by atoms with E-state index < -0.39 is 0 Å². The molecule has 108 valence electrons. The van der Waals surface area contributed by atoms with Crippen molar-refractivity contribution in [3.63, 3.8) is 0 Å². The molecule has 0 aromatic carbocycles. The first-order valence-electron chi connectivity index (χ1n) is 7.08. The van der Waals surface area contributed by atoms with Gasteiger partial charge >= 0.3 is 0 Å². The lowest BCUT2D eigenvalue weighted by molar-refractivity contribution is -0.0402. The Bertz CT molecular complexity index is 469. The number of likely N-dealkylation sites (tertiary alicyclic amines) is 1. The molecule has 0 N–H and O–H groups in total. The minimum atomic E-state index is -0.0737. The Kier molecular flexibility index (Phi) is 3.72. The minimum absolute atomic E-state index is 0.0737. The van der Waals surface area contributed by atoms with Crippen molar-refractivity contribution in [1.29, 1.82) is 0 Å². The fourth-order valence-corrected chi connectivity index (χ4v) is 3.10. The minimum Gasteiger partial charge on any atom is -0.379 e. The first-order valence-corrected chi connectivity index (χ1v) is 7.08. The van der Waals surface area contributed by atoms with E-state index in [1.54, 1.807) is 31.6 Å². The molecule has 5 heteroatoms. The molecule has 20 heavy (non-hydrogen) atoms. The zero-order valence-electron chi connectivity index (χ0n) is 11.7. The average molecular weight is 276 g/mol. The van der Waals surface area contributed by atoms with E-state index in [4.69, 9.17) is 9.47 Å². The Morgan fingerprint density at radius 3 is 2.70 bits per heavy atom. The first kappa shape index (κ1) is 13.5. The van der Waals surface area contributed by atoms with Crippen LogP contribution in [0.25, 0.3) is 0 Å². The first-order chi connectivity index (χ1) is 9.72. The van der Waals surface area contributed by atoms with Gasteiger partial charge in [-0.1, -0.05) is 0 Å². The van der Waals surface area contributed by atoms with Crippen molar-refractivity contribution in [2.24, 2.45) is 0 Å². The molecule has 2 aliphatic rings. The van der Waals surface area contributed by atoms with Crippen molar-refractivity contribution < 1.29 is 14.3 Å². The lowest BCUT2D eigenvalue weighted by atomic mass is 9.88. The summed E-state index contributed by atoms with van der Waals surface area (Å²) in [5, 5.41) is 0. The molecule has 0 unspecified atom stereocenters. The van der Waals surface area contributed by atoms with Crippen LogP contribution in [-0.2, 0) is 9.47 Å². The van der Waals surface area contributed by atoms with Gasteiger partial charge in [0, 0.05) is 44.6 Å². The van der Waals surface area contributed by atoms with Gasteiger partial charge in [0.25, 0.3) is 5.91 Å². The van der Waals surface area contributed by atoms with Crippen LogP contribution in [0.2, 0.25) is 0 Å². The predicted molar refractivity (Wildman–Crippen MR) is 73.5 cm³/mol. The Balaban J connectivity index is 1.60. The third kappa shape index (κ3) is 2.55. The van der Waals surface area contributed by atoms with Crippen LogP contribution in [0.4, 0.5) is 0 Å². The van der Waals surface area contributed by atoms with Crippen molar-refractivity contribution in [2.75, 3.05) is 26.8 Å². The number of piperidine rings is 1. The van der Waals surface area contributed by atoms with E-state index in [1.165, 1.54) is 0 Å². The molecule has 1 aromatic rings. The van der Waals surface area contributed by atoms with Crippen LogP contribution in [-0.4, -0.2) is 54.3 Å². The molecular formula is C15H20N2O3. The largest absolute Gasteiger partial charge is 0.379 e. The molecule has 3 rings (SSSR count). The number of pyridine rings is 1. The number of hydrogen-bond acceptors (Lipinski definition) is 4. The van der Waals surface area contributed by atoms with E-state index >= 15 is 0 Å². The molecule has 1 aromatic heterocycles. The van der Waals surface area contributed by atoms with Crippen LogP contribution in [0.3, 0.4) is 0 Å². The van der Waals surface area contributed by atoms with Crippen molar-refractivity contribution >= 4 is 5.91 Å². The van der Waals surface area contributed by atoms with Gasteiger partial charge < -0.3 is 14.4 Å². The second-order valence-corrected chi connectivity index (χ2v) is 5.58. The van der Waals surface area contributed by atoms with Crippen LogP contribution < -0.4 is 0 Å². The monoisotopic (exact) mass is 276 g/mol. The Hall–Kier alpha value is -1.46. The number of nitrogens with zero attached hydrogens (tertiary/aromatic N) is 2. The molecule has 3 heterocycles. The number of methoxy groups -OCH3 is 1. The van der Waals surface area contributed by atoms with Gasteiger partial charge in [-0.25, -0.2) is 0 Å². The van der Waals surface area contributed by atoms with Crippen LogP contribution in [0.15, 0.2) is 24.5 Å². The number of ether oxygens (including phenoxy) is 2. The maximum Gasteiger partial charge on any atom is 0.253 e. The molecule has 0 aliphatic carbocycles. The van der Waals surface area contributed by atoms with Gasteiger partial charge in [0.2, 0.25) is 0 Å². The predicted octanol–water partition coefficient (Wildman–Crippen LogP) is 1.49. The van der Waals surface area contributed by atoms with Gasteiger partial charge in [0.15, 0.2) is 0 Å². The van der Waals surface area contributed by atoms with Crippen molar-refractivity contribution in [1.82, 2.24) is 9.88 Å². The maximum absolute atomic E-state index is 12.4. The van der Waals surface area contributed by atoms with E-state index in [-0.39, 0.29) is 17.6 Å². The molecule has 2 fully saturated rings. The Morgan fingerprint density at radius 2 is 2.10 bits per heavy atom. The van der Waals surface area contributed by atoms with Crippen LogP contribution in [0, 0.1) is 0 Å². The lowest BCUT2D eigenvalue weighted by Crippen LogP contribution is -2.46. The van der Waals surface area contributed by atoms with E-state index in [9.17, 15) is 4.79 Å². The highest BCUT2D eigenvalue weighted by Crippen LogP contribution is 2.37. The van der Waals surface area contributed by atoms with Crippen molar-refractivity contribution in [3.05, 3.63) is 30.1 Å². The highest BCUT2D eigenvalue weighted by molar-refractivity contribution is 5.94. The average Bonchev–Trinajstić information content (AvgIpc) is 2.91. The second-order valence-electron chi connectivity index (χ2n) is 5.58. The fourth-order valence-electron chi connectivity index (χ4n) is 3.10. The summed E-state index contributed by atoms with van der Waals surface area (Å²) >= 11 is 0. The summed E-state index contributed by atoms with van der Waals surface area (Å²) in [6.07, 6.45) is 6.25. The standard InChI is InChI=1S/C15H20N2O3/c1-19-13-10-15(20-11-13)4-8-17(9-5-15)14(18)12-2-6-16-7-3-12/h2-3,6-7,13H,4-5,8-11H2,1H3/t13-/m1/s1. The highest BCUT2D eigenvalue weighted by Gasteiger charge is 2.43. The molecule has 0 radical (unpaired) electrons. The van der Waals surface area contributed by atoms with Crippen LogP contribution >= 0.6 is 0 Å². The van der Waals surface area contributed by atoms with Gasteiger partial charge in [-0.3, -0.25) is 9.78 Å². The normalized spacial score (nSPS) is 25.1. The zero-order chi connectivity index (χ0) is 14.0. The van der Waals surface area contributed by atoms with E-state index in [0.717, 1.165) is 32.4 Å². The summed E-state index contributed by atoms with van der Waals surface area (Å²) in [7, 11) is 1.73. The third-order valence-corrected chi connectivity index (χ3v) is 4.40. The zero-order valence-corrected chi connectivity index (χ0v) is 11.7. The summed E-state index contributed by atoms with van der Waals surface area (Å²) in [6.45, 7) is 2.17. The number of carbonyl (C=O) groups excluding carboxylic acids is 1. The molecule has 0 saturated carbocycles. The Morgan fingerprint density at radius 1 is 1.40 bits per heavy atom. The number of aromatic nitrogens is 1. The van der Waals surface area contributed by atoms with Gasteiger partial charge in [0.1, 0.15) is 0 Å². The topological polar surface area (TPSA) is 51.7 Å². The summed E-state index contributed by atoms with van der Waals surface area (Å²) in [5.41, 5.74) is 0.633. The molecule has 0 bridgehead atoms. The molecule has 1 atom stereocenters. The molecule has 2 aliphatic heterocycles. The maximum atomic E-state index is 12.4. The van der Waals surface area contributed by atoms with Gasteiger partial charge in [-0.05, 0) is 25.0 Å². The Labute approximate surface area is 118 Å². The summed E-state index contributed by atoms with van der Waals surface area (Å²) in [5.74, 6) is 0.0866. The van der Waals surface area contributed by atoms with E-state index in [2.05, 4.69) is 4.98 Å². The molecule has 5 nitrogen and oxygen atoms in total. The highest BCUT2D eigenvalue weighted by atomic mass is 16.6. The van der Waals surface area contributed by atoms with Gasteiger partial charge in [-0.15, -0.1) is 0 Å². The fraction of sp³-hybridized carbons (Fsp3) is 0.600. The van der Waals surface area contributed by atoms with Crippen molar-refractivity contribution in [2.45, 2.75) is 31.0 Å². The molecule has 1 amide bonds. The third-order valence-electron chi connectivity index (χ3n) is 4.40. The smallest absolute Gasteiger partial charge is 0.253 e. The second kappa shape index (κ2) is 5.50. The summed E-state index contributed by atoms with van der Waals surface area (Å²) in [6, 6.07) is 3.53. The van der Waals surface area contributed by atoms with Gasteiger partial charge in [-0.2, -0.15) is 0 Å². The SMILES string of the molecule is CO[C@H]1COC2(CCN(C(=O)c3ccncc3)CC2)C1. The van der Waals surface area contributed by atoms with Gasteiger partial charge in [0.05, 0.1) is 18.3 Å². The number of hydrogen-bond donors (Lipinski definition) is 0. The van der Waals surface area contributed by atoms with Crippen LogP contribution in [0.5, 0.6) is 0 Å². The lowest BCUT2D eigenvalue weighted by Gasteiger charge is -2.38. The van der Waals surface area contributed by atoms with E-state index in [1.807, 2.05) is 4.90 Å². The molecular weight excluding hydrogens is 256 g/mol. The number of amides is 1. The summed E-state index contributed by atoms with van der Waals surface area (Å²) < 4.78 is 11.3. The summed E-state index contributed by atoms with van der Waals surface area (Å²) in [4.78, 5) is 18.2. The van der Waals surface area contributed by atoms with Crippen LogP contribution in [0.1, 0.15) is 29.6 Å².